The SMILES string of the molecule is C.CC/C=C\C/C=C\C/C=C\C/C=C\C/C=C\CCCC(=O)OCCCC(=O)Cl.CC/C=C\C/C=C\C/C=C\C/C=C\C/C=C\CCCC(=O)OCCCC(=O)OCC(O)CO.OCC(O)CO. The zero-order valence-corrected chi connectivity index (χ0v) is 41.3. The summed E-state index contributed by atoms with van der Waals surface area (Å²) in [7, 11) is 0. The minimum atomic E-state index is -1.06. The van der Waals surface area contributed by atoms with Crippen LogP contribution in [0.15, 0.2) is 122 Å². The van der Waals surface area contributed by atoms with Crippen molar-refractivity contribution < 1.29 is 58.9 Å². The van der Waals surface area contributed by atoms with Gasteiger partial charge in [0.15, 0.2) is 0 Å². The summed E-state index contributed by atoms with van der Waals surface area (Å²) in [5.41, 5.74) is 0. The molecule has 0 aromatic rings. The van der Waals surface area contributed by atoms with Crippen LogP contribution in [0.4, 0.5) is 0 Å². The van der Waals surface area contributed by atoms with Crippen LogP contribution in [-0.4, -0.2) is 101 Å². The Hall–Kier alpha value is -4.43. The number of halogens is 1. The third-order valence-electron chi connectivity index (χ3n) is 8.46. The molecule has 0 saturated carbocycles. The first-order valence-electron chi connectivity index (χ1n) is 23.9. The van der Waals surface area contributed by atoms with E-state index in [1.54, 1.807) is 0 Å². The van der Waals surface area contributed by atoms with Crippen molar-refractivity contribution >= 4 is 34.8 Å². The van der Waals surface area contributed by atoms with E-state index in [2.05, 4.69) is 135 Å². The van der Waals surface area contributed by atoms with Crippen LogP contribution in [0.1, 0.15) is 150 Å². The molecule has 12 nitrogen and oxygen atoms in total. The predicted molar refractivity (Wildman–Crippen MR) is 279 cm³/mol. The molecule has 68 heavy (non-hydrogen) atoms. The van der Waals surface area contributed by atoms with Gasteiger partial charge < -0.3 is 39.7 Å². The number of esters is 3. The minimum absolute atomic E-state index is 0. The second-order valence-corrected chi connectivity index (χ2v) is 15.2. The number of unbranched alkanes of at least 4 members (excludes halogenated alkanes) is 2. The second-order valence-electron chi connectivity index (χ2n) is 14.7. The first-order chi connectivity index (χ1) is 32.6. The normalized spacial score (nSPS) is 12.4. The summed E-state index contributed by atoms with van der Waals surface area (Å²) in [5, 5.41) is 41.3. The van der Waals surface area contributed by atoms with E-state index in [1.807, 2.05) is 0 Å². The van der Waals surface area contributed by atoms with Crippen LogP contribution in [0.2, 0.25) is 0 Å². The molecule has 0 rings (SSSR count). The van der Waals surface area contributed by atoms with E-state index in [0.29, 0.717) is 25.7 Å². The van der Waals surface area contributed by atoms with E-state index < -0.39 is 30.0 Å². The molecule has 0 aliphatic heterocycles. The molecule has 0 amide bonds. The van der Waals surface area contributed by atoms with Gasteiger partial charge in [0.2, 0.25) is 5.24 Å². The molecule has 0 heterocycles. The molecule has 0 bridgehead atoms. The van der Waals surface area contributed by atoms with Gasteiger partial charge in [-0.25, -0.2) is 0 Å². The number of aliphatic hydroxyl groups excluding tert-OH is 5. The number of carbonyl (C=O) groups excluding carboxylic acids is 4. The molecule has 0 spiro atoms. The zero-order valence-electron chi connectivity index (χ0n) is 40.6. The Bertz CT molecular complexity index is 1470. The highest BCUT2D eigenvalue weighted by Crippen LogP contribution is 2.05. The van der Waals surface area contributed by atoms with Gasteiger partial charge in [0.1, 0.15) is 18.8 Å². The van der Waals surface area contributed by atoms with Gasteiger partial charge in [0.05, 0.1) is 33.0 Å². The number of carbonyl (C=O) groups is 4. The molecule has 5 N–H and O–H groups in total. The molecular weight excluding hydrogens is 888 g/mol. The van der Waals surface area contributed by atoms with E-state index in [4.69, 9.17) is 51.3 Å². The fourth-order valence-electron chi connectivity index (χ4n) is 4.78. The first-order valence-corrected chi connectivity index (χ1v) is 24.3. The third-order valence-corrected chi connectivity index (χ3v) is 8.65. The summed E-state index contributed by atoms with van der Waals surface area (Å²) in [5.74, 6) is -0.974. The van der Waals surface area contributed by atoms with E-state index in [-0.39, 0.29) is 65.2 Å². The fourth-order valence-corrected chi connectivity index (χ4v) is 4.92. The molecule has 0 radical (unpaired) electrons. The summed E-state index contributed by atoms with van der Waals surface area (Å²) < 4.78 is 14.9. The Labute approximate surface area is 415 Å². The maximum Gasteiger partial charge on any atom is 0.306 e. The third kappa shape index (κ3) is 65.8. The summed E-state index contributed by atoms with van der Waals surface area (Å²) >= 11 is 5.21. The topological polar surface area (TPSA) is 197 Å². The molecule has 0 saturated heterocycles. The highest BCUT2D eigenvalue weighted by Gasteiger charge is 2.09. The van der Waals surface area contributed by atoms with Gasteiger partial charge in [0.25, 0.3) is 0 Å². The monoisotopic (exact) mass is 977 g/mol. The van der Waals surface area contributed by atoms with Crippen molar-refractivity contribution in [1.82, 2.24) is 0 Å². The summed E-state index contributed by atoms with van der Waals surface area (Å²) in [6, 6.07) is 0. The van der Waals surface area contributed by atoms with Crippen LogP contribution in [0.3, 0.4) is 0 Å². The van der Waals surface area contributed by atoms with E-state index in [9.17, 15) is 19.2 Å². The molecule has 13 heteroatoms. The Kier molecular flexibility index (Phi) is 62.5. The fraction of sp³-hybridized carbons (Fsp3) is 0.564. The molecule has 0 aliphatic rings. The van der Waals surface area contributed by atoms with Crippen molar-refractivity contribution in [2.75, 3.05) is 39.6 Å². The second kappa shape index (κ2) is 60.6. The lowest BCUT2D eigenvalue weighted by molar-refractivity contribution is -0.150. The average molecular weight is 978 g/mol. The lowest BCUT2D eigenvalue weighted by Crippen LogP contribution is -2.22. The van der Waals surface area contributed by atoms with Gasteiger partial charge in [0, 0.05) is 25.7 Å². The van der Waals surface area contributed by atoms with Gasteiger partial charge in [-0.15, -0.1) is 0 Å². The van der Waals surface area contributed by atoms with Crippen LogP contribution in [0.5, 0.6) is 0 Å². The molecule has 1 atom stereocenters. The van der Waals surface area contributed by atoms with Gasteiger partial charge >= 0.3 is 17.9 Å². The first kappa shape index (κ1) is 70.1. The lowest BCUT2D eigenvalue weighted by Gasteiger charge is -2.08. The molecule has 0 aromatic carbocycles. The van der Waals surface area contributed by atoms with E-state index in [0.717, 1.165) is 89.9 Å². The van der Waals surface area contributed by atoms with Crippen molar-refractivity contribution in [2.45, 2.75) is 162 Å². The lowest BCUT2D eigenvalue weighted by atomic mass is 10.2. The minimum Gasteiger partial charge on any atom is -0.466 e. The van der Waals surface area contributed by atoms with Gasteiger partial charge in [-0.05, 0) is 114 Å². The Morgan fingerprint density at radius 2 is 0.691 bits per heavy atom. The Morgan fingerprint density at radius 3 is 0.985 bits per heavy atom. The standard InChI is InChI=1S/C27H42O6.C24H35ClO3.C3H8O3.CH4/c1-2-3-4-5-6-7-8-9-10-11-12-13-14-15-16-17-18-20-26(30)32-22-19-21-27(31)33-24-25(29)23-28;1-2-3-4-5-6-7-8-9-10-11-12-13-14-15-16-17-18-21-24(27)28-22-19-20-23(25)26;4-1-3(6)2-5;/h3-4,6-7,9-10,12-13,15-16,25,28-29H,2,5,8,11,14,17-24H2,1H3;3-4,6-7,9-10,12-13,15-16H,2,5,8,11,14,17-22H2,1H3;3-6H,1-2H2;1H4/b2*4-3-,7-6-,10-9-,13-12-,16-15-;;. The maximum absolute atomic E-state index is 11.7. The van der Waals surface area contributed by atoms with Crippen LogP contribution >= 0.6 is 11.6 Å². The number of rotatable bonds is 39. The Morgan fingerprint density at radius 1 is 0.412 bits per heavy atom. The highest BCUT2D eigenvalue weighted by atomic mass is 35.5. The van der Waals surface area contributed by atoms with Crippen LogP contribution in [0, 0.1) is 0 Å². The van der Waals surface area contributed by atoms with Crippen molar-refractivity contribution in [1.29, 1.82) is 0 Å². The van der Waals surface area contributed by atoms with Gasteiger partial charge in [-0.3, -0.25) is 19.2 Å². The summed E-state index contributed by atoms with van der Waals surface area (Å²) in [6.45, 7) is 3.29. The van der Waals surface area contributed by atoms with E-state index in [1.165, 1.54) is 0 Å². The summed E-state index contributed by atoms with van der Waals surface area (Å²) in [6.07, 6.45) is 56.2. The molecule has 0 fully saturated rings. The number of hydrogen-bond acceptors (Lipinski definition) is 12. The van der Waals surface area contributed by atoms with Crippen molar-refractivity contribution in [2.24, 2.45) is 0 Å². The molecule has 0 aliphatic carbocycles. The Balaban J connectivity index is -0.000000534. The van der Waals surface area contributed by atoms with Crippen LogP contribution < -0.4 is 0 Å². The predicted octanol–water partition coefficient (Wildman–Crippen LogP) is 11.1. The molecule has 0 aromatic heterocycles. The van der Waals surface area contributed by atoms with Crippen LogP contribution in [-0.2, 0) is 33.4 Å². The number of allylic oxidation sites excluding steroid dienone is 20. The highest BCUT2D eigenvalue weighted by molar-refractivity contribution is 6.63. The summed E-state index contributed by atoms with van der Waals surface area (Å²) in [4.78, 5) is 45.0. The van der Waals surface area contributed by atoms with E-state index >= 15 is 0 Å². The number of hydrogen-bond donors (Lipinski definition) is 5. The van der Waals surface area contributed by atoms with Crippen molar-refractivity contribution in [3.63, 3.8) is 0 Å². The molecule has 1 unspecified atom stereocenters. The van der Waals surface area contributed by atoms with Crippen molar-refractivity contribution in [3.05, 3.63) is 122 Å². The zero-order chi connectivity index (χ0) is 50.1. The van der Waals surface area contributed by atoms with Crippen molar-refractivity contribution in [3.8, 4) is 0 Å². The molecule has 388 valence electrons. The largest absolute Gasteiger partial charge is 0.466 e. The van der Waals surface area contributed by atoms with Gasteiger partial charge in [-0.2, -0.15) is 0 Å². The number of ether oxygens (including phenoxy) is 3. The number of aliphatic hydroxyl groups is 5. The smallest absolute Gasteiger partial charge is 0.306 e. The van der Waals surface area contributed by atoms with Gasteiger partial charge in [-0.1, -0.05) is 143 Å². The maximum atomic E-state index is 11.7. The average Bonchev–Trinajstić information content (AvgIpc) is 3.32. The quantitative estimate of drug-likeness (QED) is 0.0129. The van der Waals surface area contributed by atoms with Crippen LogP contribution in [0.25, 0.3) is 0 Å². The molecular formula is C55H89ClO12.